The molecule has 0 aliphatic heterocycles. The lowest BCUT2D eigenvalue weighted by atomic mass is 9.92. The van der Waals surface area contributed by atoms with Crippen LogP contribution in [0.3, 0.4) is 0 Å². The maximum Gasteiger partial charge on any atom is 0.124 e. The van der Waals surface area contributed by atoms with Crippen molar-refractivity contribution in [2.45, 2.75) is 40.2 Å². The second-order valence-electron chi connectivity index (χ2n) is 5.81. The molecule has 18 heavy (non-hydrogen) atoms. The second-order valence-corrected chi connectivity index (χ2v) is 5.81. The molecule has 0 saturated heterocycles. The lowest BCUT2D eigenvalue weighted by Crippen LogP contribution is -2.12. The highest BCUT2D eigenvalue weighted by Crippen LogP contribution is 2.23. The van der Waals surface area contributed by atoms with Gasteiger partial charge in [0.1, 0.15) is 5.82 Å². The Morgan fingerprint density at radius 3 is 2.67 bits per heavy atom. The third-order valence-electron chi connectivity index (χ3n) is 3.06. The minimum Gasteiger partial charge on any atom is -0.327 e. The molecule has 0 amide bonds. The van der Waals surface area contributed by atoms with E-state index in [0.29, 0.717) is 6.42 Å². The molecule has 0 aliphatic carbocycles. The van der Waals surface area contributed by atoms with Gasteiger partial charge in [0.2, 0.25) is 0 Å². The summed E-state index contributed by atoms with van der Waals surface area (Å²) in [4.78, 5) is 4.54. The predicted molar refractivity (Wildman–Crippen MR) is 73.1 cm³/mol. The van der Waals surface area contributed by atoms with Gasteiger partial charge >= 0.3 is 0 Å². The Hall–Kier alpha value is -1.82. The van der Waals surface area contributed by atoms with Gasteiger partial charge < -0.3 is 4.57 Å². The fourth-order valence-electron chi connectivity index (χ4n) is 2.03. The monoisotopic (exact) mass is 241 g/mol. The molecule has 0 N–H and O–H groups in total. The van der Waals surface area contributed by atoms with Gasteiger partial charge in [0.15, 0.2) is 0 Å². The van der Waals surface area contributed by atoms with Crippen molar-refractivity contribution in [3.05, 3.63) is 30.1 Å². The van der Waals surface area contributed by atoms with Crippen molar-refractivity contribution >= 4 is 11.0 Å². The van der Waals surface area contributed by atoms with Gasteiger partial charge in [0.05, 0.1) is 23.5 Å². The number of aromatic nitrogens is 2. The zero-order chi connectivity index (χ0) is 13.2. The summed E-state index contributed by atoms with van der Waals surface area (Å²) in [6, 6.07) is 10.3. The molecule has 2 rings (SSSR count). The van der Waals surface area contributed by atoms with Crippen LogP contribution in [-0.2, 0) is 13.0 Å². The van der Waals surface area contributed by atoms with Crippen LogP contribution in [0.4, 0.5) is 0 Å². The highest BCUT2D eigenvalue weighted by molar-refractivity contribution is 5.75. The van der Waals surface area contributed by atoms with Crippen LogP contribution in [0, 0.1) is 16.7 Å². The van der Waals surface area contributed by atoms with E-state index in [1.54, 1.807) is 0 Å². The fraction of sp³-hybridized carbons (Fsp3) is 0.467. The van der Waals surface area contributed by atoms with Crippen LogP contribution in [0.15, 0.2) is 24.3 Å². The molecule has 0 spiro atoms. The SMILES string of the molecule is CC(C)(C)CCn1c(CC#N)nc2ccccc21. The molecular weight excluding hydrogens is 222 g/mol. The van der Waals surface area contributed by atoms with Crippen LogP contribution in [0.2, 0.25) is 0 Å². The van der Waals surface area contributed by atoms with Crippen LogP contribution >= 0.6 is 0 Å². The number of hydrogen-bond donors (Lipinski definition) is 0. The highest BCUT2D eigenvalue weighted by Gasteiger charge is 2.14. The topological polar surface area (TPSA) is 41.6 Å². The average molecular weight is 241 g/mol. The third-order valence-corrected chi connectivity index (χ3v) is 3.06. The zero-order valence-corrected chi connectivity index (χ0v) is 11.3. The van der Waals surface area contributed by atoms with Crippen LogP contribution in [0.1, 0.15) is 33.0 Å². The number of para-hydroxylation sites is 2. The summed E-state index contributed by atoms with van der Waals surface area (Å²) in [6.45, 7) is 7.61. The normalized spacial score (nSPS) is 11.7. The first-order chi connectivity index (χ1) is 8.51. The van der Waals surface area contributed by atoms with Crippen molar-refractivity contribution in [2.24, 2.45) is 5.41 Å². The summed E-state index contributed by atoms with van der Waals surface area (Å²) in [5, 5.41) is 8.89. The van der Waals surface area contributed by atoms with Gasteiger partial charge in [-0.2, -0.15) is 5.26 Å². The van der Waals surface area contributed by atoms with Crippen LogP contribution in [-0.4, -0.2) is 9.55 Å². The molecule has 0 aliphatic rings. The summed E-state index contributed by atoms with van der Waals surface area (Å²) in [5.41, 5.74) is 2.40. The van der Waals surface area contributed by atoms with Crippen LogP contribution in [0.5, 0.6) is 0 Å². The largest absolute Gasteiger partial charge is 0.327 e. The molecule has 1 aromatic carbocycles. The minimum absolute atomic E-state index is 0.287. The highest BCUT2D eigenvalue weighted by atomic mass is 15.1. The van der Waals surface area contributed by atoms with Gasteiger partial charge in [-0.1, -0.05) is 32.9 Å². The van der Waals surface area contributed by atoms with Crippen molar-refractivity contribution in [1.82, 2.24) is 9.55 Å². The van der Waals surface area contributed by atoms with E-state index in [2.05, 4.69) is 42.5 Å². The zero-order valence-electron chi connectivity index (χ0n) is 11.3. The molecule has 0 radical (unpaired) electrons. The van der Waals surface area contributed by atoms with Gasteiger partial charge in [-0.15, -0.1) is 0 Å². The third kappa shape index (κ3) is 2.70. The van der Waals surface area contributed by atoms with Crippen LogP contribution < -0.4 is 0 Å². The Kier molecular flexibility index (Phi) is 3.38. The lowest BCUT2D eigenvalue weighted by Gasteiger charge is -2.19. The summed E-state index contributed by atoms with van der Waals surface area (Å²) < 4.78 is 2.18. The molecule has 0 atom stereocenters. The molecule has 94 valence electrons. The molecule has 2 aromatic rings. The molecule has 0 bridgehead atoms. The van der Waals surface area contributed by atoms with E-state index >= 15 is 0 Å². The number of rotatable bonds is 3. The second kappa shape index (κ2) is 4.81. The van der Waals surface area contributed by atoms with Gasteiger partial charge in [-0.05, 0) is 24.0 Å². The quantitative estimate of drug-likeness (QED) is 0.824. The molecule has 0 unspecified atom stereocenters. The van der Waals surface area contributed by atoms with Gasteiger partial charge in [0, 0.05) is 6.54 Å². The number of imidazole rings is 1. The number of fused-ring (bicyclic) bond motifs is 1. The summed E-state index contributed by atoms with van der Waals surface area (Å²) >= 11 is 0. The Labute approximate surface area is 108 Å². The van der Waals surface area contributed by atoms with Crippen molar-refractivity contribution in [1.29, 1.82) is 5.26 Å². The predicted octanol–water partition coefficient (Wildman–Crippen LogP) is 3.54. The van der Waals surface area contributed by atoms with E-state index in [9.17, 15) is 0 Å². The van der Waals surface area contributed by atoms with E-state index in [4.69, 9.17) is 5.26 Å². The summed E-state index contributed by atoms with van der Waals surface area (Å²) in [7, 11) is 0. The number of nitriles is 1. The van der Waals surface area contributed by atoms with Crippen molar-refractivity contribution < 1.29 is 0 Å². The van der Waals surface area contributed by atoms with Gasteiger partial charge in [0.25, 0.3) is 0 Å². The Balaban J connectivity index is 2.39. The average Bonchev–Trinajstić information content (AvgIpc) is 2.63. The first-order valence-electron chi connectivity index (χ1n) is 6.32. The van der Waals surface area contributed by atoms with Gasteiger partial charge in [-0.25, -0.2) is 4.98 Å². The van der Waals surface area contributed by atoms with Crippen molar-refractivity contribution in [3.63, 3.8) is 0 Å². The number of aryl methyl sites for hydroxylation is 1. The molecule has 1 heterocycles. The Morgan fingerprint density at radius 1 is 1.28 bits per heavy atom. The fourth-order valence-corrected chi connectivity index (χ4v) is 2.03. The van der Waals surface area contributed by atoms with E-state index in [1.807, 2.05) is 18.2 Å². The van der Waals surface area contributed by atoms with Crippen molar-refractivity contribution in [3.8, 4) is 6.07 Å². The minimum atomic E-state index is 0.287. The molecule has 0 saturated carbocycles. The lowest BCUT2D eigenvalue weighted by molar-refractivity contribution is 0.350. The number of nitrogens with zero attached hydrogens (tertiary/aromatic N) is 3. The smallest absolute Gasteiger partial charge is 0.124 e. The molecule has 1 aromatic heterocycles. The van der Waals surface area contributed by atoms with Gasteiger partial charge in [-0.3, -0.25) is 0 Å². The molecular formula is C15H19N3. The van der Waals surface area contributed by atoms with Crippen molar-refractivity contribution in [2.75, 3.05) is 0 Å². The Bertz CT molecular complexity index is 582. The maximum atomic E-state index is 8.89. The summed E-state index contributed by atoms with van der Waals surface area (Å²) in [5.74, 6) is 0.878. The molecule has 0 fully saturated rings. The van der Waals surface area contributed by atoms with E-state index in [0.717, 1.165) is 29.8 Å². The summed E-state index contributed by atoms with van der Waals surface area (Å²) in [6.07, 6.45) is 1.45. The Morgan fingerprint density at radius 2 is 2.00 bits per heavy atom. The molecule has 3 nitrogen and oxygen atoms in total. The molecule has 3 heteroatoms. The first-order valence-corrected chi connectivity index (χ1v) is 6.32. The van der Waals surface area contributed by atoms with E-state index in [1.165, 1.54) is 0 Å². The van der Waals surface area contributed by atoms with Crippen LogP contribution in [0.25, 0.3) is 11.0 Å². The van der Waals surface area contributed by atoms with E-state index < -0.39 is 0 Å². The standard InChI is InChI=1S/C15H19N3/c1-15(2,3)9-11-18-13-7-5-4-6-12(13)17-14(18)8-10-16/h4-7H,8-9,11H2,1-3H3. The first kappa shape index (κ1) is 12.6. The van der Waals surface area contributed by atoms with E-state index in [-0.39, 0.29) is 5.41 Å². The number of hydrogen-bond acceptors (Lipinski definition) is 2. The number of benzene rings is 1. The maximum absolute atomic E-state index is 8.89.